The maximum Gasteiger partial charge on any atom is 0.304 e. The van der Waals surface area contributed by atoms with E-state index in [9.17, 15) is 8.42 Å². The molecule has 102 valence electrons. The van der Waals surface area contributed by atoms with Crippen LogP contribution < -0.4 is 10.0 Å². The highest BCUT2D eigenvalue weighted by atomic mass is 32.2. The predicted molar refractivity (Wildman–Crippen MR) is 75.7 cm³/mol. The number of rotatable bonds is 5. The monoisotopic (exact) mass is 271 g/mol. The van der Waals surface area contributed by atoms with E-state index < -0.39 is 10.2 Å². The van der Waals surface area contributed by atoms with Crippen LogP contribution in [0, 0.1) is 0 Å². The van der Waals surface area contributed by atoms with Gasteiger partial charge in [0.25, 0.3) is 0 Å². The molecule has 0 unspecified atom stereocenters. The van der Waals surface area contributed by atoms with E-state index in [0.29, 0.717) is 17.9 Å². The van der Waals surface area contributed by atoms with Gasteiger partial charge in [0.2, 0.25) is 0 Å². The minimum absolute atomic E-state index is 0.103. The van der Waals surface area contributed by atoms with Crippen molar-refractivity contribution in [3.63, 3.8) is 0 Å². The molecular weight excluding hydrogens is 250 g/mol. The highest BCUT2D eigenvalue weighted by molar-refractivity contribution is 7.90. The van der Waals surface area contributed by atoms with Crippen molar-refractivity contribution in [3.8, 4) is 0 Å². The molecule has 18 heavy (non-hydrogen) atoms. The van der Waals surface area contributed by atoms with Gasteiger partial charge in [-0.25, -0.2) is 0 Å². The Kier molecular flexibility index (Phi) is 4.59. The molecule has 2 N–H and O–H groups in total. The van der Waals surface area contributed by atoms with E-state index in [1.807, 2.05) is 13.8 Å². The second-order valence-electron chi connectivity index (χ2n) is 4.34. The lowest BCUT2D eigenvalue weighted by atomic mass is 10.3. The van der Waals surface area contributed by atoms with Gasteiger partial charge in [-0.1, -0.05) is 12.1 Å². The van der Waals surface area contributed by atoms with Gasteiger partial charge in [-0.3, -0.25) is 4.31 Å². The molecule has 0 radical (unpaired) electrons. The third-order valence-electron chi connectivity index (χ3n) is 2.86. The Morgan fingerprint density at radius 2 is 1.83 bits per heavy atom. The summed E-state index contributed by atoms with van der Waals surface area (Å²) < 4.78 is 27.6. The minimum Gasteiger partial charge on any atom is -0.397 e. The number of benzene rings is 1. The predicted octanol–water partition coefficient (Wildman–Crippen LogP) is 1.68. The number of hydrogen-bond acceptors (Lipinski definition) is 3. The molecule has 0 aliphatic heterocycles. The number of anilines is 2. The van der Waals surface area contributed by atoms with Crippen LogP contribution in [-0.4, -0.2) is 32.4 Å². The van der Waals surface area contributed by atoms with Crippen molar-refractivity contribution < 1.29 is 8.42 Å². The molecule has 5 nitrogen and oxygen atoms in total. The summed E-state index contributed by atoms with van der Waals surface area (Å²) >= 11 is 0. The van der Waals surface area contributed by atoms with E-state index in [2.05, 4.69) is 0 Å². The fourth-order valence-electron chi connectivity index (χ4n) is 1.59. The Hall–Kier alpha value is -1.27. The van der Waals surface area contributed by atoms with Crippen molar-refractivity contribution in [2.75, 3.05) is 23.6 Å². The van der Waals surface area contributed by atoms with Crippen LogP contribution in [0.1, 0.15) is 20.8 Å². The quantitative estimate of drug-likeness (QED) is 0.829. The topological polar surface area (TPSA) is 66.6 Å². The zero-order valence-electron chi connectivity index (χ0n) is 11.3. The van der Waals surface area contributed by atoms with Crippen LogP contribution >= 0.6 is 0 Å². The van der Waals surface area contributed by atoms with Crippen molar-refractivity contribution in [3.05, 3.63) is 24.3 Å². The molecule has 0 amide bonds. The first kappa shape index (κ1) is 14.8. The van der Waals surface area contributed by atoms with Gasteiger partial charge in [-0.2, -0.15) is 12.7 Å². The molecular formula is C12H21N3O2S. The lowest BCUT2D eigenvalue weighted by molar-refractivity contribution is 0.408. The number of para-hydroxylation sites is 2. The molecule has 0 bridgehead atoms. The smallest absolute Gasteiger partial charge is 0.304 e. The average Bonchev–Trinajstić information content (AvgIpc) is 2.31. The number of nitrogens with zero attached hydrogens (tertiary/aromatic N) is 2. The largest absolute Gasteiger partial charge is 0.397 e. The van der Waals surface area contributed by atoms with Gasteiger partial charge < -0.3 is 5.73 Å². The van der Waals surface area contributed by atoms with Crippen LogP contribution in [0.5, 0.6) is 0 Å². The van der Waals surface area contributed by atoms with Crippen molar-refractivity contribution in [1.82, 2.24) is 4.31 Å². The highest BCUT2D eigenvalue weighted by Gasteiger charge is 2.28. The molecule has 0 atom stereocenters. The Bertz CT molecular complexity index is 500. The van der Waals surface area contributed by atoms with Crippen molar-refractivity contribution in [2.45, 2.75) is 26.8 Å². The maximum atomic E-state index is 12.5. The summed E-state index contributed by atoms with van der Waals surface area (Å²) in [5.41, 5.74) is 6.82. The van der Waals surface area contributed by atoms with Gasteiger partial charge >= 0.3 is 10.2 Å². The zero-order valence-corrected chi connectivity index (χ0v) is 12.1. The first-order valence-electron chi connectivity index (χ1n) is 5.92. The van der Waals surface area contributed by atoms with Gasteiger partial charge in [-0.15, -0.1) is 0 Å². The van der Waals surface area contributed by atoms with Crippen LogP contribution in [0.2, 0.25) is 0 Å². The van der Waals surface area contributed by atoms with E-state index in [0.717, 1.165) is 0 Å². The molecule has 0 aromatic heterocycles. The third kappa shape index (κ3) is 2.76. The molecule has 0 fully saturated rings. The summed E-state index contributed by atoms with van der Waals surface area (Å²) in [5.74, 6) is 0. The number of hydrogen-bond donors (Lipinski definition) is 1. The summed E-state index contributed by atoms with van der Waals surface area (Å²) in [6.07, 6.45) is 0. The maximum absolute atomic E-state index is 12.5. The summed E-state index contributed by atoms with van der Waals surface area (Å²) in [5, 5.41) is 0. The second-order valence-corrected chi connectivity index (χ2v) is 6.25. The number of nitrogen functional groups attached to an aromatic ring is 1. The number of nitrogens with two attached hydrogens (primary N) is 1. The van der Waals surface area contributed by atoms with Crippen LogP contribution in [0.4, 0.5) is 11.4 Å². The molecule has 1 aromatic rings. The standard InChI is InChI=1S/C12H21N3O2S/c1-5-15(12-9-7-6-8-11(12)13)18(16,17)14(4)10(2)3/h6-10H,5,13H2,1-4H3. The van der Waals surface area contributed by atoms with Crippen LogP contribution in [0.25, 0.3) is 0 Å². The average molecular weight is 271 g/mol. The normalized spacial score (nSPS) is 12.1. The van der Waals surface area contributed by atoms with Crippen molar-refractivity contribution in [2.24, 2.45) is 0 Å². The van der Waals surface area contributed by atoms with Crippen molar-refractivity contribution in [1.29, 1.82) is 0 Å². The van der Waals surface area contributed by atoms with E-state index in [4.69, 9.17) is 5.73 Å². The van der Waals surface area contributed by atoms with Gasteiger partial charge in [0.15, 0.2) is 0 Å². The fraction of sp³-hybridized carbons (Fsp3) is 0.500. The van der Waals surface area contributed by atoms with E-state index in [1.54, 1.807) is 38.2 Å². The van der Waals surface area contributed by atoms with Crippen molar-refractivity contribution >= 4 is 21.6 Å². The lowest BCUT2D eigenvalue weighted by Crippen LogP contribution is -2.45. The molecule has 1 aromatic carbocycles. The summed E-state index contributed by atoms with van der Waals surface area (Å²) in [6.45, 7) is 5.80. The van der Waals surface area contributed by atoms with Gasteiger partial charge in [0.05, 0.1) is 11.4 Å². The molecule has 0 saturated carbocycles. The van der Waals surface area contributed by atoms with Crippen LogP contribution in [0.3, 0.4) is 0 Å². The summed E-state index contributed by atoms with van der Waals surface area (Å²) in [7, 11) is -1.97. The zero-order chi connectivity index (χ0) is 13.9. The Morgan fingerprint density at radius 3 is 2.28 bits per heavy atom. The molecule has 0 heterocycles. The molecule has 0 spiro atoms. The summed E-state index contributed by atoms with van der Waals surface area (Å²) in [4.78, 5) is 0. The first-order valence-corrected chi connectivity index (χ1v) is 7.32. The van der Waals surface area contributed by atoms with Crippen LogP contribution in [-0.2, 0) is 10.2 Å². The van der Waals surface area contributed by atoms with E-state index >= 15 is 0 Å². The molecule has 6 heteroatoms. The van der Waals surface area contributed by atoms with Crippen LogP contribution in [0.15, 0.2) is 24.3 Å². The first-order chi connectivity index (χ1) is 8.32. The molecule has 0 aliphatic rings. The molecule has 1 rings (SSSR count). The van der Waals surface area contributed by atoms with Gasteiger partial charge in [0, 0.05) is 19.6 Å². The Balaban J connectivity index is 3.23. The molecule has 0 saturated heterocycles. The Labute approximate surface area is 109 Å². The minimum atomic E-state index is -3.54. The fourth-order valence-corrected chi connectivity index (χ4v) is 3.18. The highest BCUT2D eigenvalue weighted by Crippen LogP contribution is 2.26. The third-order valence-corrected chi connectivity index (χ3v) is 5.02. The van der Waals surface area contributed by atoms with E-state index in [1.165, 1.54) is 8.61 Å². The van der Waals surface area contributed by atoms with Gasteiger partial charge in [-0.05, 0) is 32.9 Å². The molecule has 0 aliphatic carbocycles. The Morgan fingerprint density at radius 1 is 1.28 bits per heavy atom. The lowest BCUT2D eigenvalue weighted by Gasteiger charge is -2.30. The second kappa shape index (κ2) is 5.58. The van der Waals surface area contributed by atoms with Gasteiger partial charge in [0.1, 0.15) is 0 Å². The summed E-state index contributed by atoms with van der Waals surface area (Å²) in [6, 6.07) is 6.87. The van der Waals surface area contributed by atoms with E-state index in [-0.39, 0.29) is 6.04 Å². The SMILES string of the molecule is CCN(c1ccccc1N)S(=O)(=O)N(C)C(C)C.